The van der Waals surface area contributed by atoms with E-state index in [1.54, 1.807) is 5.49 Å². The summed E-state index contributed by atoms with van der Waals surface area (Å²) in [5.74, 6) is 0. The van der Waals surface area contributed by atoms with E-state index < -0.39 is 0 Å². The van der Waals surface area contributed by atoms with Crippen molar-refractivity contribution >= 4 is 17.7 Å². The number of hydrogen-bond acceptors (Lipinski definition) is 1. The molecular formula is C12H17NS. The molecule has 0 heterocycles. The fourth-order valence-corrected chi connectivity index (χ4v) is 1.55. The van der Waals surface area contributed by atoms with E-state index >= 15 is 0 Å². The third-order valence-corrected chi connectivity index (χ3v) is 2.37. The minimum atomic E-state index is 0.927. The standard InChI is InChI=1S/C12H17NS/c1-2-3-11-4-6-12(7-5-11)8-9-13-10-14/h4-7,10H,2-3,8-9H2,1H3,(H,13,14). The first-order valence-electron chi connectivity index (χ1n) is 5.11. The first-order valence-corrected chi connectivity index (χ1v) is 5.58. The second-order valence-corrected chi connectivity index (χ2v) is 3.62. The van der Waals surface area contributed by atoms with Gasteiger partial charge in [-0.2, -0.15) is 0 Å². The highest BCUT2D eigenvalue weighted by molar-refractivity contribution is 7.78. The summed E-state index contributed by atoms with van der Waals surface area (Å²) in [6, 6.07) is 8.85. The Morgan fingerprint density at radius 2 is 1.71 bits per heavy atom. The summed E-state index contributed by atoms with van der Waals surface area (Å²) in [6.45, 7) is 3.13. The van der Waals surface area contributed by atoms with Gasteiger partial charge in [0.1, 0.15) is 0 Å². The van der Waals surface area contributed by atoms with Crippen LogP contribution < -0.4 is 5.32 Å². The number of thiocarbonyl (C=S) groups is 1. The average Bonchev–Trinajstić information content (AvgIpc) is 2.21. The van der Waals surface area contributed by atoms with Crippen molar-refractivity contribution in [1.82, 2.24) is 5.32 Å². The predicted octanol–water partition coefficient (Wildman–Crippen LogP) is 2.73. The van der Waals surface area contributed by atoms with Gasteiger partial charge in [0.25, 0.3) is 0 Å². The van der Waals surface area contributed by atoms with E-state index in [9.17, 15) is 0 Å². The van der Waals surface area contributed by atoms with Gasteiger partial charge < -0.3 is 5.32 Å². The van der Waals surface area contributed by atoms with Crippen LogP contribution in [0, 0.1) is 0 Å². The maximum Gasteiger partial charge on any atom is 0.0614 e. The molecule has 0 aromatic heterocycles. The molecule has 1 nitrogen and oxygen atoms in total. The molecule has 0 saturated carbocycles. The van der Waals surface area contributed by atoms with Crippen molar-refractivity contribution in [2.45, 2.75) is 26.2 Å². The summed E-state index contributed by atoms with van der Waals surface area (Å²) >= 11 is 4.69. The van der Waals surface area contributed by atoms with Gasteiger partial charge in [-0.15, -0.1) is 0 Å². The number of hydrogen-bond donors (Lipinski definition) is 1. The Morgan fingerprint density at radius 3 is 2.21 bits per heavy atom. The minimum absolute atomic E-state index is 0.927. The first-order chi connectivity index (χ1) is 6.86. The monoisotopic (exact) mass is 207 g/mol. The normalized spacial score (nSPS) is 9.79. The van der Waals surface area contributed by atoms with Gasteiger partial charge in [0.2, 0.25) is 0 Å². The summed E-state index contributed by atoms with van der Waals surface area (Å²) < 4.78 is 0. The van der Waals surface area contributed by atoms with Crippen LogP contribution in [-0.4, -0.2) is 12.0 Å². The number of rotatable bonds is 6. The first kappa shape index (κ1) is 11.2. The minimum Gasteiger partial charge on any atom is -0.382 e. The molecule has 0 atom stereocenters. The topological polar surface area (TPSA) is 12.0 Å². The van der Waals surface area contributed by atoms with Crippen molar-refractivity contribution in [3.63, 3.8) is 0 Å². The lowest BCUT2D eigenvalue weighted by Gasteiger charge is -2.03. The summed E-state index contributed by atoms with van der Waals surface area (Å²) in [7, 11) is 0. The lowest BCUT2D eigenvalue weighted by molar-refractivity contribution is 0.880. The summed E-state index contributed by atoms with van der Waals surface area (Å²) in [5.41, 5.74) is 4.37. The van der Waals surface area contributed by atoms with E-state index in [1.165, 1.54) is 24.0 Å². The Balaban J connectivity index is 2.42. The van der Waals surface area contributed by atoms with Gasteiger partial charge in [-0.1, -0.05) is 49.8 Å². The largest absolute Gasteiger partial charge is 0.382 e. The molecule has 0 aliphatic rings. The van der Waals surface area contributed by atoms with Gasteiger partial charge in [0, 0.05) is 6.54 Å². The van der Waals surface area contributed by atoms with Crippen LogP contribution in [0.2, 0.25) is 0 Å². The third-order valence-electron chi connectivity index (χ3n) is 2.20. The van der Waals surface area contributed by atoms with Gasteiger partial charge >= 0.3 is 0 Å². The van der Waals surface area contributed by atoms with Gasteiger partial charge in [0.15, 0.2) is 0 Å². The molecule has 14 heavy (non-hydrogen) atoms. The van der Waals surface area contributed by atoms with Crippen LogP contribution in [0.5, 0.6) is 0 Å². The van der Waals surface area contributed by atoms with Crippen LogP contribution >= 0.6 is 12.2 Å². The van der Waals surface area contributed by atoms with Gasteiger partial charge in [-0.25, -0.2) is 0 Å². The molecule has 0 spiro atoms. The van der Waals surface area contributed by atoms with E-state index in [-0.39, 0.29) is 0 Å². The maximum absolute atomic E-state index is 4.69. The van der Waals surface area contributed by atoms with Gasteiger partial charge in [-0.05, 0) is 24.0 Å². The van der Waals surface area contributed by atoms with Crippen molar-refractivity contribution in [1.29, 1.82) is 0 Å². The van der Waals surface area contributed by atoms with Crippen molar-refractivity contribution in [2.24, 2.45) is 0 Å². The number of benzene rings is 1. The Labute approximate surface area is 91.5 Å². The molecule has 76 valence electrons. The van der Waals surface area contributed by atoms with Crippen molar-refractivity contribution < 1.29 is 0 Å². The molecule has 0 radical (unpaired) electrons. The smallest absolute Gasteiger partial charge is 0.0614 e. The van der Waals surface area contributed by atoms with E-state index in [2.05, 4.69) is 48.7 Å². The zero-order valence-electron chi connectivity index (χ0n) is 8.62. The lowest BCUT2D eigenvalue weighted by Crippen LogP contribution is -2.13. The molecule has 0 amide bonds. The molecule has 0 bridgehead atoms. The van der Waals surface area contributed by atoms with E-state index in [0.29, 0.717) is 0 Å². The quantitative estimate of drug-likeness (QED) is 0.568. The molecular weight excluding hydrogens is 190 g/mol. The Kier molecular flexibility index (Phi) is 5.23. The summed E-state index contributed by atoms with van der Waals surface area (Å²) in [6.07, 6.45) is 3.43. The molecule has 1 rings (SSSR count). The van der Waals surface area contributed by atoms with Crippen molar-refractivity contribution in [3.8, 4) is 0 Å². The van der Waals surface area contributed by atoms with Crippen molar-refractivity contribution in [2.75, 3.05) is 6.54 Å². The number of aryl methyl sites for hydroxylation is 1. The van der Waals surface area contributed by atoms with Crippen LogP contribution in [-0.2, 0) is 12.8 Å². The Morgan fingerprint density at radius 1 is 1.14 bits per heavy atom. The Hall–Kier alpha value is -0.890. The molecule has 0 aliphatic carbocycles. The average molecular weight is 207 g/mol. The van der Waals surface area contributed by atoms with Crippen LogP contribution in [0.15, 0.2) is 24.3 Å². The van der Waals surface area contributed by atoms with Crippen LogP contribution in [0.4, 0.5) is 0 Å². The highest BCUT2D eigenvalue weighted by Crippen LogP contribution is 2.06. The highest BCUT2D eigenvalue weighted by Gasteiger charge is 1.93. The zero-order chi connectivity index (χ0) is 10.2. The van der Waals surface area contributed by atoms with Crippen LogP contribution in [0.3, 0.4) is 0 Å². The van der Waals surface area contributed by atoms with Gasteiger partial charge in [0.05, 0.1) is 5.49 Å². The molecule has 1 aromatic carbocycles. The molecule has 0 unspecified atom stereocenters. The molecule has 0 saturated heterocycles. The van der Waals surface area contributed by atoms with E-state index in [0.717, 1.165) is 13.0 Å². The van der Waals surface area contributed by atoms with Crippen molar-refractivity contribution in [3.05, 3.63) is 35.4 Å². The fourth-order valence-electron chi connectivity index (χ4n) is 1.44. The maximum atomic E-state index is 4.69. The Bertz CT molecular complexity index is 266. The second-order valence-electron chi connectivity index (χ2n) is 3.39. The SMILES string of the molecule is CCCc1ccc(CCNC=S)cc1. The highest BCUT2D eigenvalue weighted by atomic mass is 32.1. The van der Waals surface area contributed by atoms with E-state index in [1.807, 2.05) is 0 Å². The van der Waals surface area contributed by atoms with Gasteiger partial charge in [-0.3, -0.25) is 0 Å². The predicted molar refractivity (Wildman–Crippen MR) is 65.8 cm³/mol. The van der Waals surface area contributed by atoms with E-state index in [4.69, 9.17) is 0 Å². The van der Waals surface area contributed by atoms with Crippen LogP contribution in [0.25, 0.3) is 0 Å². The van der Waals surface area contributed by atoms with Crippen LogP contribution in [0.1, 0.15) is 24.5 Å². The zero-order valence-corrected chi connectivity index (χ0v) is 9.44. The molecule has 0 aliphatic heterocycles. The fraction of sp³-hybridized carbons (Fsp3) is 0.417. The summed E-state index contributed by atoms with van der Waals surface area (Å²) in [5, 5.41) is 3.03. The molecule has 1 N–H and O–H groups in total. The number of nitrogens with one attached hydrogen (secondary N) is 1. The summed E-state index contributed by atoms with van der Waals surface area (Å²) in [4.78, 5) is 0. The molecule has 1 aromatic rings. The second kappa shape index (κ2) is 6.55. The lowest BCUT2D eigenvalue weighted by atomic mass is 10.1. The molecule has 0 fully saturated rings. The molecule has 2 heteroatoms. The third kappa shape index (κ3) is 3.88.